The molecule has 0 heterocycles. The zero-order chi connectivity index (χ0) is 14.3. The van der Waals surface area contributed by atoms with Crippen molar-refractivity contribution >= 4 is 17.0 Å². The highest BCUT2D eigenvalue weighted by Crippen LogP contribution is 2.29. The summed E-state index contributed by atoms with van der Waals surface area (Å²) in [6.45, 7) is 0. The van der Waals surface area contributed by atoms with Gasteiger partial charge in [-0.25, -0.2) is 0 Å². The van der Waals surface area contributed by atoms with Gasteiger partial charge in [0.2, 0.25) is 0 Å². The topological polar surface area (TPSA) is 40.9 Å². The van der Waals surface area contributed by atoms with E-state index in [9.17, 15) is 17.4 Å². The molecule has 0 aromatic heterocycles. The fourth-order valence-electron chi connectivity index (χ4n) is 1.63. The third-order valence-electron chi connectivity index (χ3n) is 2.58. The first-order valence-corrected chi connectivity index (χ1v) is 7.42. The van der Waals surface area contributed by atoms with Crippen molar-refractivity contribution in [1.82, 2.24) is 0 Å². The lowest BCUT2D eigenvalue weighted by Gasteiger charge is -2.08. The highest BCUT2D eigenvalue weighted by molar-refractivity contribution is 7.84. The van der Waals surface area contributed by atoms with Gasteiger partial charge in [0.1, 0.15) is 0 Å². The molecular formula is C13H16F3NOS. The van der Waals surface area contributed by atoms with Crippen molar-refractivity contribution in [2.45, 2.75) is 25.4 Å². The van der Waals surface area contributed by atoms with Crippen molar-refractivity contribution in [2.75, 3.05) is 11.5 Å². The Hall–Kier alpha value is -1.17. The van der Waals surface area contributed by atoms with Gasteiger partial charge in [-0.2, -0.15) is 13.2 Å². The molecule has 0 aliphatic heterocycles. The van der Waals surface area contributed by atoms with E-state index in [1.165, 1.54) is 12.3 Å². The Morgan fingerprint density at radius 3 is 2.63 bits per heavy atom. The Bertz CT molecular complexity index is 446. The standard InChI is InChI=1S/C13H16F3NOS/c14-13(15,16)12-6-1-4-11(10-12)5-2-8-19(18)9-3-7-17/h1,4,6-7,10,17H,2-3,5,8-9H2. The maximum Gasteiger partial charge on any atom is 0.416 e. The Kier molecular flexibility index (Phi) is 6.21. The molecule has 1 unspecified atom stereocenters. The summed E-state index contributed by atoms with van der Waals surface area (Å²) in [6, 6.07) is 5.23. The minimum absolute atomic E-state index is 0.450. The lowest BCUT2D eigenvalue weighted by Crippen LogP contribution is -2.06. The number of hydrogen-bond donors (Lipinski definition) is 1. The van der Waals surface area contributed by atoms with Crippen LogP contribution in [0.5, 0.6) is 0 Å². The summed E-state index contributed by atoms with van der Waals surface area (Å²) in [6.07, 6.45) is -1.55. The molecule has 0 saturated heterocycles. The van der Waals surface area contributed by atoms with E-state index in [2.05, 4.69) is 0 Å². The van der Waals surface area contributed by atoms with E-state index in [1.54, 1.807) is 6.07 Å². The number of aryl methyl sites for hydroxylation is 1. The molecule has 1 N–H and O–H groups in total. The van der Waals surface area contributed by atoms with Crippen molar-refractivity contribution in [3.05, 3.63) is 35.4 Å². The van der Waals surface area contributed by atoms with E-state index in [1.807, 2.05) is 0 Å². The van der Waals surface area contributed by atoms with Gasteiger partial charge in [-0.3, -0.25) is 4.21 Å². The second kappa shape index (κ2) is 7.43. The summed E-state index contributed by atoms with van der Waals surface area (Å²) in [5.74, 6) is 0.913. The number of nitrogens with one attached hydrogen (secondary N) is 1. The molecule has 106 valence electrons. The van der Waals surface area contributed by atoms with Gasteiger partial charge in [0.05, 0.1) is 5.56 Å². The second-order valence-electron chi connectivity index (χ2n) is 4.14. The third-order valence-corrected chi connectivity index (χ3v) is 4.02. The molecule has 6 heteroatoms. The molecule has 0 radical (unpaired) electrons. The number of benzene rings is 1. The highest BCUT2D eigenvalue weighted by atomic mass is 32.2. The highest BCUT2D eigenvalue weighted by Gasteiger charge is 2.30. The average Bonchev–Trinajstić information content (AvgIpc) is 2.36. The molecular weight excluding hydrogens is 275 g/mol. The molecule has 19 heavy (non-hydrogen) atoms. The summed E-state index contributed by atoms with van der Waals surface area (Å²) in [5, 5.41) is 6.82. The van der Waals surface area contributed by atoms with E-state index < -0.39 is 22.5 Å². The van der Waals surface area contributed by atoms with Crippen LogP contribution in [-0.2, 0) is 23.4 Å². The first-order valence-electron chi connectivity index (χ1n) is 5.93. The molecule has 0 spiro atoms. The van der Waals surface area contributed by atoms with E-state index >= 15 is 0 Å². The molecule has 1 aromatic carbocycles. The second-order valence-corrected chi connectivity index (χ2v) is 5.84. The van der Waals surface area contributed by atoms with Crippen LogP contribution in [0.25, 0.3) is 0 Å². The summed E-state index contributed by atoms with van der Waals surface area (Å²) in [7, 11) is -0.989. The predicted molar refractivity (Wildman–Crippen MR) is 71.0 cm³/mol. The first-order chi connectivity index (χ1) is 8.93. The van der Waals surface area contributed by atoms with Crippen LogP contribution in [0.4, 0.5) is 13.2 Å². The molecule has 2 nitrogen and oxygen atoms in total. The van der Waals surface area contributed by atoms with Crippen LogP contribution in [0.15, 0.2) is 24.3 Å². The van der Waals surface area contributed by atoms with Crippen molar-refractivity contribution in [1.29, 1.82) is 5.41 Å². The lowest BCUT2D eigenvalue weighted by molar-refractivity contribution is -0.137. The molecule has 0 bridgehead atoms. The summed E-state index contributed by atoms with van der Waals surface area (Å²) in [4.78, 5) is 0. The molecule has 0 aliphatic rings. The van der Waals surface area contributed by atoms with Crippen LogP contribution in [0.3, 0.4) is 0 Å². The molecule has 1 aromatic rings. The molecule has 0 amide bonds. The monoisotopic (exact) mass is 291 g/mol. The van der Waals surface area contributed by atoms with Crippen LogP contribution in [-0.4, -0.2) is 21.9 Å². The van der Waals surface area contributed by atoms with Gasteiger partial charge >= 0.3 is 6.18 Å². The molecule has 0 fully saturated rings. The number of rotatable bonds is 7. The zero-order valence-corrected chi connectivity index (χ0v) is 11.2. The lowest BCUT2D eigenvalue weighted by atomic mass is 10.1. The number of hydrogen-bond acceptors (Lipinski definition) is 2. The van der Waals surface area contributed by atoms with Crippen molar-refractivity contribution < 1.29 is 17.4 Å². The quantitative estimate of drug-likeness (QED) is 0.768. The van der Waals surface area contributed by atoms with E-state index in [0.29, 0.717) is 36.3 Å². The fraction of sp³-hybridized carbons (Fsp3) is 0.462. The van der Waals surface area contributed by atoms with Crippen LogP contribution in [0.2, 0.25) is 0 Å². The maximum absolute atomic E-state index is 12.5. The van der Waals surface area contributed by atoms with Gasteiger partial charge in [0, 0.05) is 22.3 Å². The molecule has 0 saturated carbocycles. The molecule has 1 rings (SSSR count). The van der Waals surface area contributed by atoms with Crippen molar-refractivity contribution in [3.8, 4) is 0 Å². The SMILES string of the molecule is N=CCCS(=O)CCCc1cccc(C(F)(F)F)c1. The summed E-state index contributed by atoms with van der Waals surface area (Å²) in [5.41, 5.74) is -0.0335. The van der Waals surface area contributed by atoms with E-state index in [-0.39, 0.29) is 0 Å². The largest absolute Gasteiger partial charge is 0.416 e. The van der Waals surface area contributed by atoms with Crippen molar-refractivity contribution in [3.63, 3.8) is 0 Å². The van der Waals surface area contributed by atoms with Crippen LogP contribution in [0, 0.1) is 5.41 Å². The normalized spacial score (nSPS) is 13.2. The Labute approximate surface area is 113 Å². The van der Waals surface area contributed by atoms with Gasteiger partial charge < -0.3 is 5.41 Å². The fourth-order valence-corrected chi connectivity index (χ4v) is 2.68. The van der Waals surface area contributed by atoms with Crippen molar-refractivity contribution in [2.24, 2.45) is 0 Å². The van der Waals surface area contributed by atoms with Crippen LogP contribution in [0.1, 0.15) is 24.0 Å². The van der Waals surface area contributed by atoms with Gasteiger partial charge in [-0.1, -0.05) is 18.2 Å². The predicted octanol–water partition coefficient (Wildman–Crippen LogP) is 3.43. The van der Waals surface area contributed by atoms with Crippen LogP contribution < -0.4 is 0 Å². The smallest absolute Gasteiger partial charge is 0.313 e. The zero-order valence-electron chi connectivity index (χ0n) is 10.4. The molecule has 1 atom stereocenters. The minimum Gasteiger partial charge on any atom is -0.313 e. The number of alkyl halides is 3. The maximum atomic E-state index is 12.5. The summed E-state index contributed by atoms with van der Waals surface area (Å²) < 4.78 is 48.9. The van der Waals surface area contributed by atoms with E-state index in [0.717, 1.165) is 12.1 Å². The Morgan fingerprint density at radius 2 is 2.00 bits per heavy atom. The van der Waals surface area contributed by atoms with Gasteiger partial charge in [0.25, 0.3) is 0 Å². The van der Waals surface area contributed by atoms with Gasteiger partial charge in [-0.15, -0.1) is 0 Å². The summed E-state index contributed by atoms with van der Waals surface area (Å²) >= 11 is 0. The Morgan fingerprint density at radius 1 is 1.26 bits per heavy atom. The minimum atomic E-state index is -4.32. The molecule has 0 aliphatic carbocycles. The van der Waals surface area contributed by atoms with Gasteiger partial charge in [0.15, 0.2) is 0 Å². The third kappa shape index (κ3) is 6.00. The Balaban J connectivity index is 2.46. The first kappa shape index (κ1) is 15.9. The van der Waals surface area contributed by atoms with Crippen LogP contribution >= 0.6 is 0 Å². The van der Waals surface area contributed by atoms with Gasteiger partial charge in [-0.05, 0) is 37.1 Å². The average molecular weight is 291 g/mol. The van der Waals surface area contributed by atoms with E-state index in [4.69, 9.17) is 5.41 Å². The number of halogens is 3.